The van der Waals surface area contributed by atoms with Crippen LogP contribution in [0.2, 0.25) is 56.4 Å². The first-order valence-electron chi connectivity index (χ1n) is 19.1. The molecule has 2 aromatic carbocycles. The van der Waals surface area contributed by atoms with Crippen LogP contribution in [0.4, 0.5) is 18.9 Å². The lowest BCUT2D eigenvalue weighted by molar-refractivity contribution is -0.171. The summed E-state index contributed by atoms with van der Waals surface area (Å²) in [5.74, 6) is 0.588. The molecule has 3 heterocycles. The van der Waals surface area contributed by atoms with Gasteiger partial charge in [0.1, 0.15) is 31.7 Å². The number of carbonyl (C=O) groups excluding carboxylic acids is 1. The highest BCUT2D eigenvalue weighted by Crippen LogP contribution is 2.49. The first-order chi connectivity index (χ1) is 25.3. The molecule has 6 rings (SSSR count). The fourth-order valence-electron chi connectivity index (χ4n) is 7.77. The monoisotopic (exact) mass is 808 g/mol. The van der Waals surface area contributed by atoms with Crippen molar-refractivity contribution in [1.29, 1.82) is 0 Å². The first-order valence-corrected chi connectivity index (χ1v) is 26.9. The standard InChI is InChI=1S/C39H56ClF3N4O5Si2/c1-37(52-26-50-17-19-54(5,6)7)23-27(24-37)35-44-33-22-29(21-31(39(41,42)43)34(33)47(35)25-49-16-18-53(2,3)4)51-15-14-46-12-10-38(11-13-46)30-20-28(40)8-9-32(30)45-36(38)48/h8-9,20-22,27H,10-19,23-26H2,1-7H3,(H,45,48). The Balaban J connectivity index is 1.15. The molecule has 3 aromatic rings. The SMILES string of the molecule is CC1(OCOCC[Si](C)(C)C)CC(c2nc3cc(OCCN4CCC5(CC4)C(=O)Nc4ccc(Cl)cc45)cc(C(F)(F)F)c3n2COCC[Si](C)(C)C)C1. The van der Waals surface area contributed by atoms with Crippen molar-refractivity contribution in [2.75, 3.05) is 51.6 Å². The number of aromatic nitrogens is 2. The number of ether oxygens (including phenoxy) is 4. The van der Waals surface area contributed by atoms with Crippen molar-refractivity contribution in [3.8, 4) is 5.75 Å². The number of carbonyl (C=O) groups is 1. The molecule has 0 atom stereocenters. The van der Waals surface area contributed by atoms with E-state index in [0.29, 0.717) is 69.4 Å². The third kappa shape index (κ3) is 9.55. The first kappa shape index (κ1) is 41.2. The van der Waals surface area contributed by atoms with E-state index < -0.39 is 38.9 Å². The summed E-state index contributed by atoms with van der Waals surface area (Å²) in [5, 5.41) is 3.59. The molecule has 1 saturated heterocycles. The van der Waals surface area contributed by atoms with E-state index in [4.69, 9.17) is 35.5 Å². The fraction of sp³-hybridized carbons (Fsp3) is 0.641. The number of imidazole rings is 1. The minimum absolute atomic E-state index is 0.00942. The predicted molar refractivity (Wildman–Crippen MR) is 212 cm³/mol. The molecule has 1 saturated carbocycles. The largest absolute Gasteiger partial charge is 0.492 e. The van der Waals surface area contributed by atoms with Crippen molar-refractivity contribution in [2.24, 2.45) is 0 Å². The predicted octanol–water partition coefficient (Wildman–Crippen LogP) is 9.35. The van der Waals surface area contributed by atoms with Gasteiger partial charge in [0, 0.05) is 58.6 Å². The Labute approximate surface area is 324 Å². The number of alkyl halides is 3. The lowest BCUT2D eigenvalue weighted by Crippen LogP contribution is -2.47. The molecule has 3 aliphatic rings. The highest BCUT2D eigenvalue weighted by molar-refractivity contribution is 6.76. The molecule has 0 unspecified atom stereocenters. The number of nitrogens with zero attached hydrogens (tertiary/aromatic N) is 3. The minimum Gasteiger partial charge on any atom is -0.492 e. The number of hydrogen-bond acceptors (Lipinski definition) is 7. The van der Waals surface area contributed by atoms with Crippen molar-refractivity contribution in [1.82, 2.24) is 14.5 Å². The number of rotatable bonds is 16. The molecule has 1 aliphatic carbocycles. The van der Waals surface area contributed by atoms with Crippen molar-refractivity contribution < 1.29 is 36.9 Å². The van der Waals surface area contributed by atoms with Crippen molar-refractivity contribution in [2.45, 2.75) is 114 Å². The summed E-state index contributed by atoms with van der Waals surface area (Å²) in [6.45, 7) is 19.0. The average Bonchev–Trinajstić information content (AvgIpc) is 3.54. The maximum atomic E-state index is 14.8. The second kappa shape index (κ2) is 15.8. The highest BCUT2D eigenvalue weighted by atomic mass is 35.5. The normalized spacial score (nSPS) is 21.8. The smallest absolute Gasteiger partial charge is 0.418 e. The maximum absolute atomic E-state index is 14.8. The van der Waals surface area contributed by atoms with E-state index in [0.717, 1.165) is 29.4 Å². The summed E-state index contributed by atoms with van der Waals surface area (Å²) in [6, 6.07) is 10.1. The Morgan fingerprint density at radius 1 is 0.963 bits per heavy atom. The number of likely N-dealkylation sites (tertiary alicyclic amines) is 1. The summed E-state index contributed by atoms with van der Waals surface area (Å²) < 4.78 is 70.1. The van der Waals surface area contributed by atoms with E-state index in [2.05, 4.69) is 49.5 Å². The molecule has 1 aromatic heterocycles. The lowest BCUT2D eigenvalue weighted by atomic mass is 9.71. The molecule has 298 valence electrons. The summed E-state index contributed by atoms with van der Waals surface area (Å²) in [5.41, 5.74) is 0.128. The van der Waals surface area contributed by atoms with Crippen LogP contribution in [-0.4, -0.2) is 88.4 Å². The summed E-state index contributed by atoms with van der Waals surface area (Å²) in [4.78, 5) is 20.1. The van der Waals surface area contributed by atoms with Gasteiger partial charge in [-0.25, -0.2) is 4.98 Å². The van der Waals surface area contributed by atoms with Crippen LogP contribution in [0.5, 0.6) is 5.75 Å². The molecule has 0 bridgehead atoms. The van der Waals surface area contributed by atoms with E-state index in [9.17, 15) is 18.0 Å². The van der Waals surface area contributed by atoms with Gasteiger partial charge >= 0.3 is 6.18 Å². The van der Waals surface area contributed by atoms with Gasteiger partial charge in [-0.3, -0.25) is 9.69 Å². The van der Waals surface area contributed by atoms with Crippen molar-refractivity contribution >= 4 is 50.4 Å². The highest BCUT2D eigenvalue weighted by Gasteiger charge is 2.49. The zero-order valence-corrected chi connectivity index (χ0v) is 35.5. The molecular weight excluding hydrogens is 753 g/mol. The van der Waals surface area contributed by atoms with Crippen LogP contribution < -0.4 is 10.1 Å². The summed E-state index contributed by atoms with van der Waals surface area (Å²) in [6.07, 6.45) is -2.17. The number of piperidine rings is 1. The number of hydrogen-bond donors (Lipinski definition) is 1. The Bertz CT molecular complexity index is 1810. The van der Waals surface area contributed by atoms with Crippen LogP contribution in [0, 0.1) is 0 Å². The molecule has 54 heavy (non-hydrogen) atoms. The van der Waals surface area contributed by atoms with Crippen molar-refractivity contribution in [3.63, 3.8) is 0 Å². The number of nitrogens with one attached hydrogen (secondary N) is 1. The van der Waals surface area contributed by atoms with Gasteiger partial charge in [-0.1, -0.05) is 50.9 Å². The Hall–Kier alpha value is -2.47. The van der Waals surface area contributed by atoms with Crippen LogP contribution in [0.15, 0.2) is 30.3 Å². The topological polar surface area (TPSA) is 87.1 Å². The number of anilines is 1. The van der Waals surface area contributed by atoms with E-state index in [1.807, 2.05) is 19.1 Å². The van der Waals surface area contributed by atoms with E-state index in [1.54, 1.807) is 16.7 Å². The van der Waals surface area contributed by atoms with Gasteiger partial charge in [-0.05, 0) is 87.6 Å². The number of halogens is 4. The van der Waals surface area contributed by atoms with Crippen LogP contribution in [0.1, 0.15) is 55.5 Å². The van der Waals surface area contributed by atoms with E-state index in [-0.39, 0.29) is 48.7 Å². The molecule has 1 spiro atoms. The Morgan fingerprint density at radius 3 is 2.28 bits per heavy atom. The molecule has 9 nitrogen and oxygen atoms in total. The average molecular weight is 810 g/mol. The molecular formula is C39H56ClF3N4O5Si2. The van der Waals surface area contributed by atoms with Gasteiger partial charge < -0.3 is 28.8 Å². The zero-order chi connectivity index (χ0) is 39.1. The van der Waals surface area contributed by atoms with Crippen molar-refractivity contribution in [3.05, 3.63) is 52.3 Å². The number of fused-ring (bicyclic) bond motifs is 3. The third-order valence-electron chi connectivity index (χ3n) is 11.1. The van der Waals surface area contributed by atoms with Gasteiger partial charge in [-0.2, -0.15) is 13.2 Å². The second-order valence-corrected chi connectivity index (χ2v) is 29.7. The zero-order valence-electron chi connectivity index (χ0n) is 32.8. The van der Waals surface area contributed by atoms with Crippen LogP contribution in [-0.2, 0) is 37.3 Å². The third-order valence-corrected chi connectivity index (χ3v) is 14.8. The molecule has 15 heteroatoms. The Kier molecular flexibility index (Phi) is 12.1. The van der Waals surface area contributed by atoms with Crippen LogP contribution in [0.3, 0.4) is 0 Å². The van der Waals surface area contributed by atoms with Crippen LogP contribution in [0.25, 0.3) is 11.0 Å². The van der Waals surface area contributed by atoms with Gasteiger partial charge in [-0.15, -0.1) is 0 Å². The minimum atomic E-state index is -4.64. The molecule has 0 radical (unpaired) electrons. The lowest BCUT2D eigenvalue weighted by Gasteiger charge is -2.44. The molecule has 1 N–H and O–H groups in total. The fourth-order valence-corrected chi connectivity index (χ4v) is 9.46. The molecule has 2 aliphatic heterocycles. The Morgan fingerprint density at radius 2 is 1.63 bits per heavy atom. The molecule has 1 amide bonds. The van der Waals surface area contributed by atoms with E-state index >= 15 is 0 Å². The van der Waals surface area contributed by atoms with Gasteiger partial charge in [0.15, 0.2) is 0 Å². The van der Waals surface area contributed by atoms with E-state index in [1.165, 1.54) is 0 Å². The quantitative estimate of drug-likeness (QED) is 0.0877. The number of amides is 1. The second-order valence-electron chi connectivity index (χ2n) is 18.0. The van der Waals surface area contributed by atoms with Crippen LogP contribution >= 0.6 is 11.6 Å². The van der Waals surface area contributed by atoms with Gasteiger partial charge in [0.05, 0.1) is 27.6 Å². The summed E-state index contributed by atoms with van der Waals surface area (Å²) in [7, 11) is -2.63. The molecule has 2 fully saturated rings. The number of benzene rings is 2. The van der Waals surface area contributed by atoms with Gasteiger partial charge in [0.25, 0.3) is 0 Å². The summed E-state index contributed by atoms with van der Waals surface area (Å²) >= 11 is 6.28. The van der Waals surface area contributed by atoms with Gasteiger partial charge in [0.2, 0.25) is 5.91 Å². The maximum Gasteiger partial charge on any atom is 0.418 e.